The van der Waals surface area contributed by atoms with Crippen LogP contribution in [0.15, 0.2) is 23.9 Å². The van der Waals surface area contributed by atoms with Gasteiger partial charge in [-0.25, -0.2) is 14.4 Å². The molecule has 164 valence electrons. The minimum absolute atomic E-state index is 0.216. The third-order valence-corrected chi connectivity index (χ3v) is 7.14. The predicted molar refractivity (Wildman–Crippen MR) is 120 cm³/mol. The summed E-state index contributed by atoms with van der Waals surface area (Å²) in [7, 11) is 0.849. The van der Waals surface area contributed by atoms with Gasteiger partial charge in [0.25, 0.3) is 5.91 Å². The first-order chi connectivity index (χ1) is 14.8. The molecule has 0 aliphatic carbocycles. The molecule has 0 radical (unpaired) electrons. The maximum absolute atomic E-state index is 13.9. The molecule has 1 aromatic heterocycles. The molecule has 0 bridgehead atoms. The molecule has 2 aliphatic rings. The number of aromatic nitrogens is 2. The summed E-state index contributed by atoms with van der Waals surface area (Å²) >= 11 is 6.17. The number of ether oxygens (including phenoxy) is 1. The van der Waals surface area contributed by atoms with E-state index in [2.05, 4.69) is 15.3 Å². The number of nitrogens with one attached hydrogen (secondary N) is 1. The SMILES string of the molecule is Cc1nc(C2=C(N)CN(C(=O)c3ccc(F)cc3OC[C@H]3CPCN3)C2)nc(C)c1Cl. The van der Waals surface area contributed by atoms with Gasteiger partial charge in [-0.05, 0) is 32.1 Å². The van der Waals surface area contributed by atoms with Crippen LogP contribution in [-0.2, 0) is 0 Å². The Morgan fingerprint density at radius 1 is 1.35 bits per heavy atom. The molecule has 10 heteroatoms. The van der Waals surface area contributed by atoms with E-state index >= 15 is 0 Å². The Morgan fingerprint density at radius 2 is 2.10 bits per heavy atom. The molecule has 31 heavy (non-hydrogen) atoms. The lowest BCUT2D eigenvalue weighted by Crippen LogP contribution is -2.32. The minimum atomic E-state index is -0.451. The smallest absolute Gasteiger partial charge is 0.258 e. The standard InChI is InChI=1S/C21H24ClFN5O2P/c1-11-19(22)12(2)27-20(26-11)16-6-28(7-17(16)24)21(29)15-4-3-13(23)5-18(15)30-8-14-9-31-10-25-14/h3-5,14,25,31H,6-10,24H2,1-2H3/t14-/m0/s1. The van der Waals surface area contributed by atoms with Gasteiger partial charge in [-0.15, -0.1) is 8.58 Å². The zero-order valence-electron chi connectivity index (χ0n) is 17.3. The number of hydrogen-bond acceptors (Lipinski definition) is 6. The van der Waals surface area contributed by atoms with Crippen LogP contribution in [0.4, 0.5) is 4.39 Å². The Labute approximate surface area is 187 Å². The van der Waals surface area contributed by atoms with E-state index in [1.54, 1.807) is 18.7 Å². The first kappa shape index (κ1) is 21.9. The number of hydrogen-bond donors (Lipinski definition) is 2. The Balaban J connectivity index is 1.53. The van der Waals surface area contributed by atoms with Crippen LogP contribution < -0.4 is 15.8 Å². The van der Waals surface area contributed by atoms with Crippen LogP contribution >= 0.6 is 20.2 Å². The van der Waals surface area contributed by atoms with E-state index in [4.69, 9.17) is 22.1 Å². The summed E-state index contributed by atoms with van der Waals surface area (Å²) in [6, 6.07) is 4.19. The molecule has 2 atom stereocenters. The highest BCUT2D eigenvalue weighted by atomic mass is 35.5. The molecule has 3 N–H and O–H groups in total. The van der Waals surface area contributed by atoms with Gasteiger partial charge in [-0.1, -0.05) is 11.6 Å². The summed E-state index contributed by atoms with van der Waals surface area (Å²) < 4.78 is 19.7. The van der Waals surface area contributed by atoms with Crippen molar-refractivity contribution in [2.24, 2.45) is 5.73 Å². The second-order valence-electron chi connectivity index (χ2n) is 7.68. The van der Waals surface area contributed by atoms with Gasteiger partial charge in [0.2, 0.25) is 0 Å². The fraction of sp³-hybridized carbons (Fsp3) is 0.381. The average Bonchev–Trinajstić information content (AvgIpc) is 3.39. The lowest BCUT2D eigenvalue weighted by atomic mass is 10.1. The Kier molecular flexibility index (Phi) is 6.42. The summed E-state index contributed by atoms with van der Waals surface area (Å²) in [6.07, 6.45) is 1.99. The Bertz CT molecular complexity index is 1040. The number of carbonyl (C=O) groups excluding carboxylic acids is 1. The maximum atomic E-state index is 13.9. The van der Waals surface area contributed by atoms with Crippen LogP contribution in [0.1, 0.15) is 27.6 Å². The molecule has 2 aliphatic heterocycles. The molecule has 2 aromatic rings. The molecule has 1 fully saturated rings. The molecule has 4 rings (SSSR count). The van der Waals surface area contributed by atoms with Gasteiger partial charge in [0.1, 0.15) is 18.2 Å². The van der Waals surface area contributed by atoms with Crippen molar-refractivity contribution < 1.29 is 13.9 Å². The molecule has 0 spiro atoms. The molecule has 1 unspecified atom stereocenters. The van der Waals surface area contributed by atoms with Crippen molar-refractivity contribution in [2.75, 3.05) is 32.1 Å². The number of nitrogens with two attached hydrogens (primary N) is 1. The molecule has 7 nitrogen and oxygen atoms in total. The first-order valence-electron chi connectivity index (χ1n) is 9.98. The molecule has 0 saturated carbocycles. The van der Waals surface area contributed by atoms with Crippen LogP contribution in [0.2, 0.25) is 5.02 Å². The van der Waals surface area contributed by atoms with E-state index in [-0.39, 0.29) is 30.8 Å². The third kappa shape index (κ3) is 4.66. The normalized spacial score (nSPS) is 19.5. The van der Waals surface area contributed by atoms with Crippen LogP contribution in [0.25, 0.3) is 5.57 Å². The van der Waals surface area contributed by atoms with Gasteiger partial charge in [-0.2, -0.15) is 0 Å². The monoisotopic (exact) mass is 463 g/mol. The van der Waals surface area contributed by atoms with Crippen LogP contribution in [0, 0.1) is 19.7 Å². The van der Waals surface area contributed by atoms with Gasteiger partial charge in [-0.3, -0.25) is 4.79 Å². The fourth-order valence-corrected chi connectivity index (χ4v) is 4.92. The summed E-state index contributed by atoms with van der Waals surface area (Å²) in [5, 5.41) is 3.85. The maximum Gasteiger partial charge on any atom is 0.258 e. The quantitative estimate of drug-likeness (QED) is 0.662. The minimum Gasteiger partial charge on any atom is -0.491 e. The number of benzene rings is 1. The van der Waals surface area contributed by atoms with Crippen LogP contribution in [0.5, 0.6) is 5.75 Å². The number of nitrogens with zero attached hydrogens (tertiary/aromatic N) is 3. The number of aryl methyl sites for hydroxylation is 2. The topological polar surface area (TPSA) is 93.4 Å². The zero-order chi connectivity index (χ0) is 22.1. The number of carbonyl (C=O) groups is 1. The second-order valence-corrected chi connectivity index (χ2v) is 9.32. The molecule has 1 saturated heterocycles. The molecular formula is C21H24ClFN5O2P. The molecule has 1 aromatic carbocycles. The van der Waals surface area contributed by atoms with Crippen molar-refractivity contribution in [2.45, 2.75) is 19.9 Å². The number of halogens is 2. The highest BCUT2D eigenvalue weighted by molar-refractivity contribution is 7.38. The Morgan fingerprint density at radius 3 is 2.77 bits per heavy atom. The van der Waals surface area contributed by atoms with Crippen molar-refractivity contribution in [3.8, 4) is 5.75 Å². The van der Waals surface area contributed by atoms with E-state index in [0.29, 0.717) is 45.7 Å². The lowest BCUT2D eigenvalue weighted by Gasteiger charge is -2.20. The van der Waals surface area contributed by atoms with Crippen molar-refractivity contribution >= 4 is 31.7 Å². The van der Waals surface area contributed by atoms with Crippen molar-refractivity contribution in [3.63, 3.8) is 0 Å². The number of rotatable bonds is 5. The van der Waals surface area contributed by atoms with Gasteiger partial charge in [0.15, 0.2) is 5.82 Å². The van der Waals surface area contributed by atoms with E-state index < -0.39 is 5.82 Å². The zero-order valence-corrected chi connectivity index (χ0v) is 19.1. The van der Waals surface area contributed by atoms with E-state index in [1.807, 2.05) is 0 Å². The first-order valence-corrected chi connectivity index (χ1v) is 11.8. The highest BCUT2D eigenvalue weighted by Gasteiger charge is 2.30. The molecule has 1 amide bonds. The summed E-state index contributed by atoms with van der Waals surface area (Å²) in [5.74, 6) is -0.0240. The lowest BCUT2D eigenvalue weighted by molar-refractivity contribution is 0.0794. The summed E-state index contributed by atoms with van der Waals surface area (Å²) in [5.41, 5.74) is 9.07. The van der Waals surface area contributed by atoms with E-state index in [0.717, 1.165) is 21.0 Å². The third-order valence-electron chi connectivity index (χ3n) is 5.36. The fourth-order valence-electron chi connectivity index (χ4n) is 3.65. The highest BCUT2D eigenvalue weighted by Crippen LogP contribution is 2.29. The van der Waals surface area contributed by atoms with E-state index in [9.17, 15) is 9.18 Å². The molecule has 3 heterocycles. The van der Waals surface area contributed by atoms with Gasteiger partial charge >= 0.3 is 0 Å². The summed E-state index contributed by atoms with van der Waals surface area (Å²) in [6.45, 7) is 4.49. The Hall–Kier alpha value is -2.28. The van der Waals surface area contributed by atoms with Crippen LogP contribution in [0.3, 0.4) is 0 Å². The van der Waals surface area contributed by atoms with Gasteiger partial charge in [0, 0.05) is 29.7 Å². The van der Waals surface area contributed by atoms with Gasteiger partial charge in [0.05, 0.1) is 35.1 Å². The average molecular weight is 464 g/mol. The van der Waals surface area contributed by atoms with Crippen LogP contribution in [-0.4, -0.2) is 59.0 Å². The summed E-state index contributed by atoms with van der Waals surface area (Å²) in [4.78, 5) is 23.7. The second kappa shape index (κ2) is 9.07. The largest absolute Gasteiger partial charge is 0.491 e. The molecular weight excluding hydrogens is 440 g/mol. The van der Waals surface area contributed by atoms with Crippen molar-refractivity contribution in [1.29, 1.82) is 0 Å². The van der Waals surface area contributed by atoms with Crippen molar-refractivity contribution in [3.05, 3.63) is 57.5 Å². The predicted octanol–water partition coefficient (Wildman–Crippen LogP) is 2.70. The van der Waals surface area contributed by atoms with Gasteiger partial charge < -0.3 is 20.7 Å². The number of amides is 1. The van der Waals surface area contributed by atoms with E-state index in [1.165, 1.54) is 18.2 Å². The van der Waals surface area contributed by atoms with Crippen molar-refractivity contribution in [1.82, 2.24) is 20.2 Å².